The van der Waals surface area contributed by atoms with Crippen molar-refractivity contribution in [1.82, 2.24) is 5.32 Å². The maximum absolute atomic E-state index is 12.5. The Balaban J connectivity index is 2.09. The van der Waals surface area contributed by atoms with Crippen LogP contribution in [0.3, 0.4) is 0 Å². The Morgan fingerprint density at radius 3 is 2.27 bits per heavy atom. The number of amides is 2. The predicted octanol–water partition coefficient (Wildman–Crippen LogP) is 2.47. The third kappa shape index (κ3) is 4.72. The molecule has 1 aromatic carbocycles. The lowest BCUT2D eigenvalue weighted by molar-refractivity contribution is -0.118. The molecule has 1 atom stereocenters. The Morgan fingerprint density at radius 2 is 1.77 bits per heavy atom. The van der Waals surface area contributed by atoms with Crippen LogP contribution in [0.1, 0.15) is 31.3 Å². The highest BCUT2D eigenvalue weighted by molar-refractivity contribution is 7.91. The largest absolute Gasteiger partial charge is 0.459 e. The van der Waals surface area contributed by atoms with E-state index in [2.05, 4.69) is 10.6 Å². The van der Waals surface area contributed by atoms with Crippen LogP contribution in [0.25, 0.3) is 0 Å². The Morgan fingerprint density at radius 1 is 1.12 bits per heavy atom. The molecule has 2 N–H and O–H groups in total. The van der Waals surface area contributed by atoms with Gasteiger partial charge in [0, 0.05) is 5.69 Å². The first kappa shape index (κ1) is 19.7. The normalized spacial score (nSPS) is 12.6. The summed E-state index contributed by atoms with van der Waals surface area (Å²) in [5, 5.41) is 5.33. The van der Waals surface area contributed by atoms with Gasteiger partial charge in [-0.15, -0.1) is 0 Å². The summed E-state index contributed by atoms with van der Waals surface area (Å²) in [5.74, 6) is -0.905. The summed E-state index contributed by atoms with van der Waals surface area (Å²) in [7, 11) is -3.29. The zero-order valence-corrected chi connectivity index (χ0v) is 15.7. The predicted molar refractivity (Wildman–Crippen MR) is 97.6 cm³/mol. The van der Waals surface area contributed by atoms with E-state index in [4.69, 9.17) is 4.42 Å². The topological polar surface area (TPSA) is 105 Å². The van der Waals surface area contributed by atoms with Crippen molar-refractivity contribution in [2.24, 2.45) is 5.92 Å². The number of nitrogens with one attached hydrogen (secondary N) is 2. The van der Waals surface area contributed by atoms with Crippen LogP contribution in [-0.4, -0.2) is 32.0 Å². The third-order valence-corrected chi connectivity index (χ3v) is 5.59. The van der Waals surface area contributed by atoms with Crippen molar-refractivity contribution in [2.45, 2.75) is 31.7 Å². The molecule has 1 unspecified atom stereocenters. The second-order valence-corrected chi connectivity index (χ2v) is 8.37. The van der Waals surface area contributed by atoms with Gasteiger partial charge in [0.1, 0.15) is 6.04 Å². The van der Waals surface area contributed by atoms with Crippen molar-refractivity contribution in [3.63, 3.8) is 0 Å². The molecule has 0 aliphatic rings. The van der Waals surface area contributed by atoms with Crippen LogP contribution in [0.4, 0.5) is 5.69 Å². The van der Waals surface area contributed by atoms with E-state index < -0.39 is 27.7 Å². The van der Waals surface area contributed by atoms with Crippen molar-refractivity contribution in [3.05, 3.63) is 48.4 Å². The molecule has 26 heavy (non-hydrogen) atoms. The maximum atomic E-state index is 12.5. The van der Waals surface area contributed by atoms with Gasteiger partial charge in [-0.2, -0.15) is 0 Å². The highest BCUT2D eigenvalue weighted by Crippen LogP contribution is 2.16. The molecule has 0 aliphatic carbocycles. The number of carbonyl (C=O) groups is 2. The molecule has 2 rings (SSSR count). The van der Waals surface area contributed by atoms with Crippen molar-refractivity contribution in [1.29, 1.82) is 0 Å². The number of hydrogen-bond donors (Lipinski definition) is 2. The highest BCUT2D eigenvalue weighted by Gasteiger charge is 2.25. The maximum Gasteiger partial charge on any atom is 0.287 e. The molecule has 0 bridgehead atoms. The number of carbonyl (C=O) groups excluding carboxylic acids is 2. The van der Waals surface area contributed by atoms with E-state index >= 15 is 0 Å². The lowest BCUT2D eigenvalue weighted by Gasteiger charge is -2.21. The molecule has 0 aliphatic heterocycles. The zero-order valence-electron chi connectivity index (χ0n) is 14.9. The molecule has 0 saturated heterocycles. The van der Waals surface area contributed by atoms with E-state index in [0.29, 0.717) is 5.69 Å². The first-order valence-corrected chi connectivity index (χ1v) is 9.88. The number of furan rings is 1. The van der Waals surface area contributed by atoms with Gasteiger partial charge in [-0.1, -0.05) is 20.8 Å². The second kappa shape index (κ2) is 8.18. The molecule has 1 heterocycles. The number of anilines is 1. The number of benzene rings is 1. The van der Waals surface area contributed by atoms with Gasteiger partial charge >= 0.3 is 0 Å². The Hall–Kier alpha value is -2.61. The monoisotopic (exact) mass is 378 g/mol. The molecular formula is C18H22N2O5S. The van der Waals surface area contributed by atoms with E-state index in [9.17, 15) is 18.0 Å². The Bertz CT molecular complexity index is 855. The van der Waals surface area contributed by atoms with Gasteiger partial charge in [0.15, 0.2) is 15.6 Å². The molecule has 0 spiro atoms. The van der Waals surface area contributed by atoms with Crippen LogP contribution < -0.4 is 10.6 Å². The van der Waals surface area contributed by atoms with Crippen molar-refractivity contribution in [3.8, 4) is 0 Å². The van der Waals surface area contributed by atoms with Crippen LogP contribution in [0.2, 0.25) is 0 Å². The molecule has 7 nitrogen and oxygen atoms in total. The minimum Gasteiger partial charge on any atom is -0.459 e. The minimum atomic E-state index is -3.29. The SMILES string of the molecule is CCS(=O)(=O)c1ccc(NC(=O)C(NC(=O)c2ccco2)C(C)C)cc1. The van der Waals surface area contributed by atoms with E-state index in [0.717, 1.165) is 0 Å². The van der Waals surface area contributed by atoms with Gasteiger partial charge in [0.2, 0.25) is 5.91 Å². The fraction of sp³-hybridized carbons (Fsp3) is 0.333. The van der Waals surface area contributed by atoms with E-state index in [1.807, 2.05) is 13.8 Å². The molecular weight excluding hydrogens is 356 g/mol. The van der Waals surface area contributed by atoms with E-state index in [1.165, 1.54) is 36.6 Å². The van der Waals surface area contributed by atoms with E-state index in [1.54, 1.807) is 13.0 Å². The average molecular weight is 378 g/mol. The molecule has 2 amide bonds. The van der Waals surface area contributed by atoms with Crippen LogP contribution in [0.15, 0.2) is 52.0 Å². The molecule has 0 saturated carbocycles. The van der Waals surface area contributed by atoms with E-state index in [-0.39, 0.29) is 22.3 Å². The summed E-state index contributed by atoms with van der Waals surface area (Å²) in [6.45, 7) is 5.19. The van der Waals surface area contributed by atoms with Gasteiger partial charge in [-0.05, 0) is 42.3 Å². The fourth-order valence-electron chi connectivity index (χ4n) is 2.29. The van der Waals surface area contributed by atoms with Crippen molar-refractivity contribution in [2.75, 3.05) is 11.1 Å². The Kier molecular flexibility index (Phi) is 6.20. The lowest BCUT2D eigenvalue weighted by atomic mass is 10.0. The van der Waals surface area contributed by atoms with Crippen LogP contribution in [-0.2, 0) is 14.6 Å². The quantitative estimate of drug-likeness (QED) is 0.770. The first-order chi connectivity index (χ1) is 12.2. The number of sulfone groups is 1. The zero-order chi connectivity index (χ0) is 19.3. The molecule has 2 aromatic rings. The summed E-state index contributed by atoms with van der Waals surface area (Å²) < 4.78 is 28.7. The third-order valence-electron chi connectivity index (χ3n) is 3.84. The summed E-state index contributed by atoms with van der Waals surface area (Å²) in [6.07, 6.45) is 1.38. The number of rotatable bonds is 7. The van der Waals surface area contributed by atoms with Crippen LogP contribution in [0.5, 0.6) is 0 Å². The average Bonchev–Trinajstić information content (AvgIpc) is 3.14. The summed E-state index contributed by atoms with van der Waals surface area (Å²) in [5.41, 5.74) is 0.447. The molecule has 1 aromatic heterocycles. The van der Waals surface area contributed by atoms with Crippen molar-refractivity contribution >= 4 is 27.3 Å². The lowest BCUT2D eigenvalue weighted by Crippen LogP contribution is -2.47. The van der Waals surface area contributed by atoms with Gasteiger partial charge in [0.05, 0.1) is 16.9 Å². The molecule has 0 fully saturated rings. The molecule has 0 radical (unpaired) electrons. The summed E-state index contributed by atoms with van der Waals surface area (Å²) in [6, 6.07) is 8.26. The standard InChI is InChI=1S/C18H22N2O5S/c1-4-26(23,24)14-9-7-13(8-10-14)19-18(22)16(12(2)3)20-17(21)15-6-5-11-25-15/h5-12,16H,4H2,1-3H3,(H,19,22)(H,20,21). The molecule has 140 valence electrons. The molecule has 8 heteroatoms. The second-order valence-electron chi connectivity index (χ2n) is 6.09. The van der Waals surface area contributed by atoms with Gasteiger partial charge in [-0.3, -0.25) is 9.59 Å². The number of hydrogen-bond acceptors (Lipinski definition) is 5. The van der Waals surface area contributed by atoms with Crippen molar-refractivity contribution < 1.29 is 22.4 Å². The summed E-state index contributed by atoms with van der Waals surface area (Å²) in [4.78, 5) is 24.8. The highest BCUT2D eigenvalue weighted by atomic mass is 32.2. The van der Waals surface area contributed by atoms with Crippen LogP contribution in [0, 0.1) is 5.92 Å². The first-order valence-electron chi connectivity index (χ1n) is 8.22. The van der Waals surface area contributed by atoms with Gasteiger partial charge in [-0.25, -0.2) is 8.42 Å². The van der Waals surface area contributed by atoms with Gasteiger partial charge in [0.25, 0.3) is 5.91 Å². The van der Waals surface area contributed by atoms with Gasteiger partial charge < -0.3 is 15.1 Å². The smallest absolute Gasteiger partial charge is 0.287 e. The minimum absolute atomic E-state index is 0.00689. The Labute approximate surface area is 152 Å². The summed E-state index contributed by atoms with van der Waals surface area (Å²) >= 11 is 0. The van der Waals surface area contributed by atoms with Crippen LogP contribution >= 0.6 is 0 Å². The fourth-order valence-corrected chi connectivity index (χ4v) is 3.17.